The van der Waals surface area contributed by atoms with Crippen molar-refractivity contribution in [1.82, 2.24) is 14.9 Å². The number of nitrogens with zero attached hydrogens (tertiary/aromatic N) is 4. The summed E-state index contributed by atoms with van der Waals surface area (Å²) in [6.07, 6.45) is 3.25. The molecule has 132 valence electrons. The molecule has 1 saturated heterocycles. The smallest absolute Gasteiger partial charge is 0.257 e. The van der Waals surface area contributed by atoms with E-state index in [1.165, 1.54) is 5.56 Å². The molecular formula is C19H24N4O2. The van der Waals surface area contributed by atoms with Crippen LogP contribution in [0.2, 0.25) is 0 Å². The van der Waals surface area contributed by atoms with E-state index in [2.05, 4.69) is 40.8 Å². The van der Waals surface area contributed by atoms with Crippen molar-refractivity contribution in [1.29, 1.82) is 0 Å². The van der Waals surface area contributed by atoms with E-state index < -0.39 is 0 Å². The second-order valence-corrected chi connectivity index (χ2v) is 6.38. The van der Waals surface area contributed by atoms with Gasteiger partial charge in [-0.05, 0) is 19.4 Å². The first kappa shape index (κ1) is 17.4. The van der Waals surface area contributed by atoms with Crippen molar-refractivity contribution < 1.29 is 9.53 Å². The maximum atomic E-state index is 12.5. The molecule has 1 aliphatic heterocycles. The van der Waals surface area contributed by atoms with Crippen molar-refractivity contribution in [2.75, 3.05) is 31.2 Å². The zero-order valence-electron chi connectivity index (χ0n) is 14.8. The number of morpholine rings is 1. The number of carbonyl (C=O) groups excluding carboxylic acids is 1. The van der Waals surface area contributed by atoms with Gasteiger partial charge in [0.2, 0.25) is 5.95 Å². The molecule has 0 aliphatic carbocycles. The number of amides is 1. The molecule has 6 nitrogen and oxygen atoms in total. The predicted molar refractivity (Wildman–Crippen MR) is 96.5 cm³/mol. The largest absolute Gasteiger partial charge is 0.378 e. The van der Waals surface area contributed by atoms with Gasteiger partial charge in [0.1, 0.15) is 0 Å². The Morgan fingerprint density at radius 3 is 2.40 bits per heavy atom. The Kier molecular flexibility index (Phi) is 5.60. The highest BCUT2D eigenvalue weighted by atomic mass is 16.5. The molecule has 2 aromatic rings. The van der Waals surface area contributed by atoms with Gasteiger partial charge in [-0.1, -0.05) is 30.3 Å². The molecule has 1 aromatic carbocycles. The fourth-order valence-electron chi connectivity index (χ4n) is 2.79. The van der Waals surface area contributed by atoms with Crippen LogP contribution in [0.25, 0.3) is 0 Å². The highest BCUT2D eigenvalue weighted by Crippen LogP contribution is 2.16. The number of benzene rings is 1. The van der Waals surface area contributed by atoms with Crippen LogP contribution >= 0.6 is 0 Å². The summed E-state index contributed by atoms with van der Waals surface area (Å²) >= 11 is 0. The quantitative estimate of drug-likeness (QED) is 0.836. The molecule has 1 amide bonds. The third-order valence-corrected chi connectivity index (χ3v) is 4.26. The van der Waals surface area contributed by atoms with Gasteiger partial charge in [0, 0.05) is 38.1 Å². The lowest BCUT2D eigenvalue weighted by molar-refractivity contribution is 0.0302. The second-order valence-electron chi connectivity index (χ2n) is 6.38. The third-order valence-electron chi connectivity index (χ3n) is 4.26. The Balaban J connectivity index is 1.73. The van der Waals surface area contributed by atoms with Gasteiger partial charge in [0.05, 0.1) is 18.8 Å². The van der Waals surface area contributed by atoms with E-state index in [1.807, 2.05) is 18.2 Å². The number of anilines is 1. The standard InChI is InChI=1S/C19H24N4O2/c1-15(2)23(14-16-6-4-3-5-7-16)19-20-12-17(13-21-19)18(24)22-8-10-25-11-9-22/h3-7,12-13,15H,8-11,14H2,1-2H3. The van der Waals surface area contributed by atoms with Gasteiger partial charge in [-0.3, -0.25) is 4.79 Å². The summed E-state index contributed by atoms with van der Waals surface area (Å²) in [4.78, 5) is 25.3. The van der Waals surface area contributed by atoms with E-state index in [0.717, 1.165) is 6.54 Å². The normalized spacial score (nSPS) is 14.6. The summed E-state index contributed by atoms with van der Waals surface area (Å²) in [5.41, 5.74) is 1.72. The van der Waals surface area contributed by atoms with Crippen LogP contribution in [0, 0.1) is 0 Å². The first-order chi connectivity index (χ1) is 12.1. The van der Waals surface area contributed by atoms with E-state index in [0.29, 0.717) is 37.8 Å². The van der Waals surface area contributed by atoms with Crippen molar-refractivity contribution in [3.05, 3.63) is 53.9 Å². The van der Waals surface area contributed by atoms with Gasteiger partial charge >= 0.3 is 0 Å². The van der Waals surface area contributed by atoms with Gasteiger partial charge < -0.3 is 14.5 Å². The average molecular weight is 340 g/mol. The molecule has 0 atom stereocenters. The number of carbonyl (C=O) groups is 1. The van der Waals surface area contributed by atoms with Gasteiger partial charge in [0.25, 0.3) is 5.91 Å². The molecule has 0 unspecified atom stereocenters. The molecule has 0 spiro atoms. The van der Waals surface area contributed by atoms with E-state index >= 15 is 0 Å². The Bertz CT molecular complexity index is 682. The number of aromatic nitrogens is 2. The fraction of sp³-hybridized carbons (Fsp3) is 0.421. The second kappa shape index (κ2) is 8.07. The minimum absolute atomic E-state index is 0.0333. The maximum absolute atomic E-state index is 12.5. The van der Waals surface area contributed by atoms with Crippen LogP contribution in [0.3, 0.4) is 0 Å². The number of hydrogen-bond acceptors (Lipinski definition) is 5. The maximum Gasteiger partial charge on any atom is 0.257 e. The molecule has 25 heavy (non-hydrogen) atoms. The summed E-state index contributed by atoms with van der Waals surface area (Å²) < 4.78 is 5.29. The lowest BCUT2D eigenvalue weighted by Crippen LogP contribution is -2.40. The van der Waals surface area contributed by atoms with E-state index in [-0.39, 0.29) is 11.9 Å². The van der Waals surface area contributed by atoms with Crippen LogP contribution in [0.4, 0.5) is 5.95 Å². The third kappa shape index (κ3) is 4.33. The van der Waals surface area contributed by atoms with Crippen LogP contribution in [0.5, 0.6) is 0 Å². The Morgan fingerprint density at radius 1 is 1.16 bits per heavy atom. The van der Waals surface area contributed by atoms with E-state index in [4.69, 9.17) is 4.74 Å². The molecule has 0 N–H and O–H groups in total. The minimum Gasteiger partial charge on any atom is -0.378 e. The number of ether oxygens (including phenoxy) is 1. The zero-order chi connectivity index (χ0) is 17.6. The first-order valence-electron chi connectivity index (χ1n) is 8.65. The molecule has 1 fully saturated rings. The van der Waals surface area contributed by atoms with Crippen LogP contribution < -0.4 is 4.90 Å². The van der Waals surface area contributed by atoms with Gasteiger partial charge in [-0.25, -0.2) is 9.97 Å². The molecule has 0 saturated carbocycles. The van der Waals surface area contributed by atoms with Crippen LogP contribution in [-0.2, 0) is 11.3 Å². The van der Waals surface area contributed by atoms with Crippen molar-refractivity contribution in [2.24, 2.45) is 0 Å². The molecule has 6 heteroatoms. The monoisotopic (exact) mass is 340 g/mol. The van der Waals surface area contributed by atoms with Crippen molar-refractivity contribution in [3.63, 3.8) is 0 Å². The summed E-state index contributed by atoms with van der Waals surface area (Å²) in [5.74, 6) is 0.603. The van der Waals surface area contributed by atoms with Gasteiger partial charge in [-0.2, -0.15) is 0 Å². The molecular weight excluding hydrogens is 316 g/mol. The van der Waals surface area contributed by atoms with Crippen molar-refractivity contribution in [2.45, 2.75) is 26.4 Å². The summed E-state index contributed by atoms with van der Waals surface area (Å²) in [5, 5.41) is 0. The average Bonchev–Trinajstić information content (AvgIpc) is 2.67. The molecule has 0 radical (unpaired) electrons. The zero-order valence-corrected chi connectivity index (χ0v) is 14.8. The SMILES string of the molecule is CC(C)N(Cc1ccccc1)c1ncc(C(=O)N2CCOCC2)cn1. The van der Waals surface area contributed by atoms with Gasteiger partial charge in [0.15, 0.2) is 0 Å². The van der Waals surface area contributed by atoms with Gasteiger partial charge in [-0.15, -0.1) is 0 Å². The van der Waals surface area contributed by atoms with E-state index in [1.54, 1.807) is 17.3 Å². The first-order valence-corrected chi connectivity index (χ1v) is 8.65. The topological polar surface area (TPSA) is 58.6 Å². The van der Waals surface area contributed by atoms with Crippen LogP contribution in [-0.4, -0.2) is 53.1 Å². The predicted octanol–water partition coefficient (Wildman–Crippen LogP) is 2.36. The van der Waals surface area contributed by atoms with E-state index in [9.17, 15) is 4.79 Å². The summed E-state index contributed by atoms with van der Waals surface area (Å²) in [7, 11) is 0. The molecule has 3 rings (SSSR count). The fourth-order valence-corrected chi connectivity index (χ4v) is 2.79. The Morgan fingerprint density at radius 2 is 1.80 bits per heavy atom. The van der Waals surface area contributed by atoms with Crippen LogP contribution in [0.15, 0.2) is 42.7 Å². The van der Waals surface area contributed by atoms with Crippen molar-refractivity contribution >= 4 is 11.9 Å². The highest BCUT2D eigenvalue weighted by molar-refractivity contribution is 5.93. The Hall–Kier alpha value is -2.47. The number of hydrogen-bond donors (Lipinski definition) is 0. The summed E-state index contributed by atoms with van der Waals surface area (Å²) in [6.45, 7) is 7.36. The molecule has 2 heterocycles. The highest BCUT2D eigenvalue weighted by Gasteiger charge is 2.20. The minimum atomic E-state index is -0.0333. The summed E-state index contributed by atoms with van der Waals surface area (Å²) in [6, 6.07) is 10.5. The lowest BCUT2D eigenvalue weighted by Gasteiger charge is -2.28. The molecule has 1 aromatic heterocycles. The number of rotatable bonds is 5. The molecule has 1 aliphatic rings. The van der Waals surface area contributed by atoms with Crippen molar-refractivity contribution in [3.8, 4) is 0 Å². The molecule has 0 bridgehead atoms. The lowest BCUT2D eigenvalue weighted by atomic mass is 10.2. The Labute approximate surface area is 148 Å². The van der Waals surface area contributed by atoms with Crippen LogP contribution in [0.1, 0.15) is 29.8 Å².